The van der Waals surface area contributed by atoms with Crippen molar-refractivity contribution < 1.29 is 8.42 Å². The molecule has 0 spiro atoms. The molecular formula is C15H22ClNO2S. The molecule has 0 bridgehead atoms. The molecule has 3 nitrogen and oxygen atoms in total. The zero-order chi connectivity index (χ0) is 14.8. The Kier molecular flexibility index (Phi) is 4.77. The van der Waals surface area contributed by atoms with Crippen LogP contribution in [-0.4, -0.2) is 32.5 Å². The summed E-state index contributed by atoms with van der Waals surface area (Å²) in [5, 5.41) is 4.17. The third-order valence-electron chi connectivity index (χ3n) is 3.90. The van der Waals surface area contributed by atoms with E-state index in [1.54, 1.807) is 0 Å². The highest BCUT2D eigenvalue weighted by Crippen LogP contribution is 2.29. The van der Waals surface area contributed by atoms with Gasteiger partial charge in [0.2, 0.25) is 0 Å². The maximum atomic E-state index is 11.6. The van der Waals surface area contributed by atoms with Gasteiger partial charge >= 0.3 is 0 Å². The van der Waals surface area contributed by atoms with Gasteiger partial charge in [0.25, 0.3) is 0 Å². The van der Waals surface area contributed by atoms with E-state index in [2.05, 4.69) is 19.2 Å². The number of benzene rings is 1. The quantitative estimate of drug-likeness (QED) is 0.929. The molecule has 1 N–H and O–H groups in total. The van der Waals surface area contributed by atoms with E-state index in [0.717, 1.165) is 30.0 Å². The Balaban J connectivity index is 2.01. The first-order valence-corrected chi connectivity index (χ1v) is 9.19. The minimum atomic E-state index is -2.86. The van der Waals surface area contributed by atoms with Crippen LogP contribution < -0.4 is 5.32 Å². The van der Waals surface area contributed by atoms with Gasteiger partial charge in [0, 0.05) is 23.0 Å². The smallest absolute Gasteiger partial charge is 0.151 e. The lowest BCUT2D eigenvalue weighted by Crippen LogP contribution is -2.45. The molecule has 0 saturated carbocycles. The first kappa shape index (κ1) is 15.8. The number of halogens is 1. The summed E-state index contributed by atoms with van der Waals surface area (Å²) >= 11 is 6.25. The van der Waals surface area contributed by atoms with Gasteiger partial charge < -0.3 is 5.32 Å². The van der Waals surface area contributed by atoms with Gasteiger partial charge in [-0.1, -0.05) is 43.6 Å². The average molecular weight is 316 g/mol. The van der Waals surface area contributed by atoms with Crippen LogP contribution in [0.3, 0.4) is 0 Å². The highest BCUT2D eigenvalue weighted by atomic mass is 35.5. The SMILES string of the molecule is CC(C)(CN[C@H]1CCCS(=O)(=O)C1)c1ccccc1Cl. The van der Waals surface area contributed by atoms with Gasteiger partial charge in [0.15, 0.2) is 9.84 Å². The Morgan fingerprint density at radius 1 is 1.35 bits per heavy atom. The van der Waals surface area contributed by atoms with Gasteiger partial charge in [-0.3, -0.25) is 0 Å². The van der Waals surface area contributed by atoms with Crippen molar-refractivity contribution in [1.82, 2.24) is 5.32 Å². The highest BCUT2D eigenvalue weighted by Gasteiger charge is 2.28. The molecule has 20 heavy (non-hydrogen) atoms. The van der Waals surface area contributed by atoms with E-state index in [9.17, 15) is 8.42 Å². The molecule has 1 fully saturated rings. The Morgan fingerprint density at radius 3 is 2.70 bits per heavy atom. The summed E-state index contributed by atoms with van der Waals surface area (Å²) in [6.45, 7) is 4.97. The molecule has 1 aromatic carbocycles. The third-order valence-corrected chi connectivity index (χ3v) is 6.05. The van der Waals surface area contributed by atoms with Gasteiger partial charge in [-0.25, -0.2) is 8.42 Å². The van der Waals surface area contributed by atoms with Gasteiger partial charge in [0.1, 0.15) is 0 Å². The Bertz CT molecular complexity index is 569. The van der Waals surface area contributed by atoms with Crippen LogP contribution in [0.1, 0.15) is 32.3 Å². The molecule has 0 amide bonds. The lowest BCUT2D eigenvalue weighted by molar-refractivity contribution is 0.408. The van der Waals surface area contributed by atoms with E-state index in [4.69, 9.17) is 11.6 Å². The van der Waals surface area contributed by atoms with Crippen LogP contribution in [0.5, 0.6) is 0 Å². The van der Waals surface area contributed by atoms with Crippen LogP contribution in [0.25, 0.3) is 0 Å². The second-order valence-electron chi connectivity index (χ2n) is 6.20. The minimum Gasteiger partial charge on any atom is -0.312 e. The van der Waals surface area contributed by atoms with Gasteiger partial charge in [-0.05, 0) is 24.5 Å². The molecule has 0 radical (unpaired) electrons. The van der Waals surface area contributed by atoms with Crippen molar-refractivity contribution in [2.45, 2.75) is 38.1 Å². The Morgan fingerprint density at radius 2 is 2.05 bits per heavy atom. The molecule has 1 aromatic rings. The second-order valence-corrected chi connectivity index (χ2v) is 8.83. The van der Waals surface area contributed by atoms with Crippen molar-refractivity contribution in [1.29, 1.82) is 0 Å². The summed E-state index contributed by atoms with van der Waals surface area (Å²) in [6.07, 6.45) is 1.68. The zero-order valence-corrected chi connectivity index (χ0v) is 13.6. The number of hydrogen-bond donors (Lipinski definition) is 1. The van der Waals surface area contributed by atoms with Crippen molar-refractivity contribution >= 4 is 21.4 Å². The monoisotopic (exact) mass is 315 g/mol. The van der Waals surface area contributed by atoms with Crippen LogP contribution >= 0.6 is 11.6 Å². The molecule has 1 saturated heterocycles. The summed E-state index contributed by atoms with van der Waals surface area (Å²) in [6, 6.07) is 7.89. The van der Waals surface area contributed by atoms with Crippen molar-refractivity contribution in [2.75, 3.05) is 18.1 Å². The summed E-state index contributed by atoms with van der Waals surface area (Å²) in [5.74, 6) is 0.588. The highest BCUT2D eigenvalue weighted by molar-refractivity contribution is 7.91. The van der Waals surface area contributed by atoms with E-state index in [0.29, 0.717) is 5.75 Å². The summed E-state index contributed by atoms with van der Waals surface area (Å²) in [4.78, 5) is 0. The van der Waals surface area contributed by atoms with Crippen molar-refractivity contribution in [2.24, 2.45) is 0 Å². The number of nitrogens with one attached hydrogen (secondary N) is 1. The molecule has 2 rings (SSSR count). The fourth-order valence-corrected chi connectivity index (χ4v) is 4.75. The largest absolute Gasteiger partial charge is 0.312 e. The maximum absolute atomic E-state index is 11.6. The van der Waals surface area contributed by atoms with E-state index in [1.165, 1.54) is 0 Å². The van der Waals surface area contributed by atoms with Crippen LogP contribution in [0.15, 0.2) is 24.3 Å². The van der Waals surface area contributed by atoms with Crippen LogP contribution in [0, 0.1) is 0 Å². The molecule has 1 aliphatic heterocycles. The van der Waals surface area contributed by atoms with E-state index < -0.39 is 9.84 Å². The molecule has 0 unspecified atom stereocenters. The topological polar surface area (TPSA) is 46.2 Å². The van der Waals surface area contributed by atoms with Gasteiger partial charge in [0.05, 0.1) is 11.5 Å². The minimum absolute atomic E-state index is 0.0653. The fraction of sp³-hybridized carbons (Fsp3) is 0.600. The summed E-state index contributed by atoms with van der Waals surface area (Å²) in [7, 11) is -2.86. The van der Waals surface area contributed by atoms with E-state index >= 15 is 0 Å². The lowest BCUT2D eigenvalue weighted by atomic mass is 9.84. The number of rotatable bonds is 4. The average Bonchev–Trinajstić information content (AvgIpc) is 2.36. The van der Waals surface area contributed by atoms with Gasteiger partial charge in [-0.2, -0.15) is 0 Å². The van der Waals surface area contributed by atoms with Crippen LogP contribution in [-0.2, 0) is 15.3 Å². The Labute approximate surface area is 126 Å². The predicted molar refractivity (Wildman–Crippen MR) is 84.2 cm³/mol. The number of hydrogen-bond acceptors (Lipinski definition) is 3. The molecule has 5 heteroatoms. The third kappa shape index (κ3) is 3.96. The standard InChI is InChI=1S/C15H22ClNO2S/c1-15(2,13-7-3-4-8-14(13)16)11-17-12-6-5-9-20(18,19)10-12/h3-4,7-8,12,17H,5-6,9-11H2,1-2H3/t12-/m0/s1. The van der Waals surface area contributed by atoms with Crippen molar-refractivity contribution in [3.05, 3.63) is 34.9 Å². The Hall–Kier alpha value is -0.580. The predicted octanol–water partition coefficient (Wildman–Crippen LogP) is 2.78. The van der Waals surface area contributed by atoms with Crippen molar-refractivity contribution in [3.63, 3.8) is 0 Å². The number of sulfone groups is 1. The maximum Gasteiger partial charge on any atom is 0.151 e. The molecule has 0 aliphatic carbocycles. The van der Waals surface area contributed by atoms with Crippen LogP contribution in [0.2, 0.25) is 5.02 Å². The normalized spacial score (nSPS) is 22.6. The lowest BCUT2D eigenvalue weighted by Gasteiger charge is -2.31. The molecule has 1 aliphatic rings. The fourth-order valence-electron chi connectivity index (χ4n) is 2.69. The van der Waals surface area contributed by atoms with Gasteiger partial charge in [-0.15, -0.1) is 0 Å². The first-order valence-electron chi connectivity index (χ1n) is 6.99. The molecule has 0 aromatic heterocycles. The molecule has 1 atom stereocenters. The molecular weight excluding hydrogens is 294 g/mol. The summed E-state index contributed by atoms with van der Waals surface area (Å²) < 4.78 is 23.3. The molecule has 112 valence electrons. The summed E-state index contributed by atoms with van der Waals surface area (Å²) in [5.41, 5.74) is 0.965. The van der Waals surface area contributed by atoms with E-state index in [-0.39, 0.29) is 17.2 Å². The van der Waals surface area contributed by atoms with Crippen LogP contribution in [0.4, 0.5) is 0 Å². The first-order chi connectivity index (χ1) is 9.30. The van der Waals surface area contributed by atoms with Crippen molar-refractivity contribution in [3.8, 4) is 0 Å². The second kappa shape index (κ2) is 6.04. The molecule has 1 heterocycles. The van der Waals surface area contributed by atoms with E-state index in [1.807, 2.05) is 24.3 Å². The zero-order valence-electron chi connectivity index (χ0n) is 12.0.